The van der Waals surface area contributed by atoms with E-state index in [1.54, 1.807) is 6.92 Å². The van der Waals surface area contributed by atoms with Crippen LogP contribution in [0.2, 0.25) is 0 Å². The molecule has 0 unspecified atom stereocenters. The highest BCUT2D eigenvalue weighted by molar-refractivity contribution is 5.91. The maximum absolute atomic E-state index is 11.1. The van der Waals surface area contributed by atoms with Crippen LogP contribution in [0.1, 0.15) is 39.5 Å². The Labute approximate surface area is 93.3 Å². The summed E-state index contributed by atoms with van der Waals surface area (Å²) in [6.07, 6.45) is 4.77. The second kappa shape index (κ2) is 9.71. The van der Waals surface area contributed by atoms with Gasteiger partial charge in [0.15, 0.2) is 0 Å². The molecule has 2 N–H and O–H groups in total. The van der Waals surface area contributed by atoms with Gasteiger partial charge in [-0.05, 0) is 32.9 Å². The highest BCUT2D eigenvalue weighted by Gasteiger charge is 1.98. The Bertz CT molecular complexity index is 190. The van der Waals surface area contributed by atoms with E-state index in [9.17, 15) is 4.79 Å². The fraction of sp³-hybridized carbons (Fsp3) is 0.750. The minimum Gasteiger partial charge on any atom is -0.352 e. The molecule has 3 heteroatoms. The van der Waals surface area contributed by atoms with Gasteiger partial charge in [-0.25, -0.2) is 0 Å². The number of amides is 1. The Balaban J connectivity index is 3.11. The van der Waals surface area contributed by atoms with Crippen molar-refractivity contribution in [3.8, 4) is 0 Å². The first-order chi connectivity index (χ1) is 7.18. The van der Waals surface area contributed by atoms with Crippen LogP contribution >= 0.6 is 0 Å². The van der Waals surface area contributed by atoms with Crippen molar-refractivity contribution < 1.29 is 4.79 Å². The number of carbonyl (C=O) groups is 1. The molecule has 0 saturated carbocycles. The third-order valence-corrected chi connectivity index (χ3v) is 2.16. The number of hydrogen-bond acceptors (Lipinski definition) is 2. The normalized spacial score (nSPS) is 10.0. The number of unbranched alkanes of at least 4 members (excludes halogenated alkanes) is 2. The minimum atomic E-state index is -0.0408. The van der Waals surface area contributed by atoms with Gasteiger partial charge in [-0.3, -0.25) is 4.79 Å². The van der Waals surface area contributed by atoms with E-state index in [0.29, 0.717) is 5.57 Å². The molecule has 1 amide bonds. The standard InChI is InChI=1S/C12H24N2O/c1-4-5-6-8-13-9-7-10-14-12(15)11(2)3/h13H,2,4-10H2,1,3H3,(H,14,15). The third kappa shape index (κ3) is 9.47. The highest BCUT2D eigenvalue weighted by atomic mass is 16.1. The molecule has 0 radical (unpaired) electrons. The summed E-state index contributed by atoms with van der Waals surface area (Å²) in [5.41, 5.74) is 0.575. The van der Waals surface area contributed by atoms with Gasteiger partial charge in [0.25, 0.3) is 0 Å². The van der Waals surface area contributed by atoms with Crippen molar-refractivity contribution in [1.29, 1.82) is 0 Å². The maximum Gasteiger partial charge on any atom is 0.246 e. The lowest BCUT2D eigenvalue weighted by Crippen LogP contribution is -2.27. The van der Waals surface area contributed by atoms with Crippen LogP contribution in [0.3, 0.4) is 0 Å². The number of hydrogen-bond donors (Lipinski definition) is 2. The van der Waals surface area contributed by atoms with Crippen molar-refractivity contribution in [2.24, 2.45) is 0 Å². The van der Waals surface area contributed by atoms with Gasteiger partial charge in [-0.1, -0.05) is 26.3 Å². The fourth-order valence-electron chi connectivity index (χ4n) is 1.19. The zero-order valence-electron chi connectivity index (χ0n) is 10.1. The van der Waals surface area contributed by atoms with Gasteiger partial charge in [-0.15, -0.1) is 0 Å². The van der Waals surface area contributed by atoms with E-state index in [-0.39, 0.29) is 5.91 Å². The first kappa shape index (κ1) is 14.2. The molecule has 15 heavy (non-hydrogen) atoms. The number of carbonyl (C=O) groups excluding carboxylic acids is 1. The summed E-state index contributed by atoms with van der Waals surface area (Å²) in [4.78, 5) is 11.1. The fourth-order valence-corrected chi connectivity index (χ4v) is 1.19. The summed E-state index contributed by atoms with van der Waals surface area (Å²) in [5, 5.41) is 6.16. The van der Waals surface area contributed by atoms with Gasteiger partial charge in [0.05, 0.1) is 0 Å². The summed E-state index contributed by atoms with van der Waals surface area (Å²) in [7, 11) is 0. The van der Waals surface area contributed by atoms with Crippen molar-refractivity contribution in [2.75, 3.05) is 19.6 Å². The lowest BCUT2D eigenvalue weighted by Gasteiger charge is -2.05. The molecule has 3 nitrogen and oxygen atoms in total. The molecule has 0 rings (SSSR count). The van der Waals surface area contributed by atoms with Gasteiger partial charge >= 0.3 is 0 Å². The van der Waals surface area contributed by atoms with Crippen LogP contribution in [0.4, 0.5) is 0 Å². The van der Waals surface area contributed by atoms with Crippen LogP contribution in [0.5, 0.6) is 0 Å². The Morgan fingerprint density at radius 1 is 1.13 bits per heavy atom. The molecular formula is C12H24N2O. The lowest BCUT2D eigenvalue weighted by molar-refractivity contribution is -0.117. The van der Waals surface area contributed by atoms with Crippen molar-refractivity contribution in [1.82, 2.24) is 10.6 Å². The van der Waals surface area contributed by atoms with E-state index in [0.717, 1.165) is 26.1 Å². The average molecular weight is 212 g/mol. The number of rotatable bonds is 9. The molecule has 0 fully saturated rings. The predicted octanol–water partition coefficient (Wildman–Crippen LogP) is 1.85. The van der Waals surface area contributed by atoms with Gasteiger partial charge in [0.1, 0.15) is 0 Å². The second-order valence-electron chi connectivity index (χ2n) is 3.85. The van der Waals surface area contributed by atoms with E-state index in [1.165, 1.54) is 19.3 Å². The largest absolute Gasteiger partial charge is 0.352 e. The predicted molar refractivity (Wildman–Crippen MR) is 64.8 cm³/mol. The summed E-state index contributed by atoms with van der Waals surface area (Å²) in [5.74, 6) is -0.0408. The first-order valence-corrected chi connectivity index (χ1v) is 5.83. The van der Waals surface area contributed by atoms with Crippen LogP contribution in [0, 0.1) is 0 Å². The molecule has 0 saturated heterocycles. The van der Waals surface area contributed by atoms with E-state index >= 15 is 0 Å². The lowest BCUT2D eigenvalue weighted by atomic mass is 10.2. The molecule has 0 aromatic carbocycles. The third-order valence-electron chi connectivity index (χ3n) is 2.16. The molecule has 0 aromatic rings. The van der Waals surface area contributed by atoms with E-state index in [4.69, 9.17) is 0 Å². The van der Waals surface area contributed by atoms with E-state index in [1.807, 2.05) is 0 Å². The summed E-state index contributed by atoms with van der Waals surface area (Å²) in [6.45, 7) is 10.3. The van der Waals surface area contributed by atoms with Crippen molar-refractivity contribution in [2.45, 2.75) is 39.5 Å². The summed E-state index contributed by atoms with van der Waals surface area (Å²) in [6, 6.07) is 0. The zero-order valence-corrected chi connectivity index (χ0v) is 10.1. The summed E-state index contributed by atoms with van der Waals surface area (Å²) >= 11 is 0. The van der Waals surface area contributed by atoms with Gasteiger partial charge in [0, 0.05) is 12.1 Å². The van der Waals surface area contributed by atoms with E-state index < -0.39 is 0 Å². The van der Waals surface area contributed by atoms with Gasteiger partial charge in [0.2, 0.25) is 5.91 Å². The van der Waals surface area contributed by atoms with Crippen LogP contribution in [0.15, 0.2) is 12.2 Å². The molecule has 0 bridgehead atoms. The molecule has 0 aromatic heterocycles. The van der Waals surface area contributed by atoms with E-state index in [2.05, 4.69) is 24.1 Å². The van der Waals surface area contributed by atoms with Gasteiger partial charge < -0.3 is 10.6 Å². The topological polar surface area (TPSA) is 41.1 Å². The van der Waals surface area contributed by atoms with Crippen molar-refractivity contribution in [3.05, 3.63) is 12.2 Å². The molecule has 0 heterocycles. The maximum atomic E-state index is 11.1. The monoisotopic (exact) mass is 212 g/mol. The minimum absolute atomic E-state index is 0.0408. The quantitative estimate of drug-likeness (QED) is 0.452. The molecule has 0 aliphatic carbocycles. The molecular weight excluding hydrogens is 188 g/mol. The first-order valence-electron chi connectivity index (χ1n) is 5.83. The smallest absolute Gasteiger partial charge is 0.246 e. The molecule has 0 aliphatic rings. The Kier molecular flexibility index (Phi) is 9.18. The Morgan fingerprint density at radius 2 is 1.80 bits per heavy atom. The molecule has 88 valence electrons. The highest BCUT2D eigenvalue weighted by Crippen LogP contribution is 1.91. The van der Waals surface area contributed by atoms with Crippen molar-refractivity contribution in [3.63, 3.8) is 0 Å². The SMILES string of the molecule is C=C(C)C(=O)NCCCNCCCCC. The van der Waals surface area contributed by atoms with Crippen LogP contribution in [-0.4, -0.2) is 25.5 Å². The average Bonchev–Trinajstić information content (AvgIpc) is 2.21. The number of nitrogens with one attached hydrogen (secondary N) is 2. The van der Waals surface area contributed by atoms with Crippen LogP contribution in [0.25, 0.3) is 0 Å². The summed E-state index contributed by atoms with van der Waals surface area (Å²) < 4.78 is 0. The van der Waals surface area contributed by atoms with Gasteiger partial charge in [-0.2, -0.15) is 0 Å². The Hall–Kier alpha value is -0.830. The second-order valence-corrected chi connectivity index (χ2v) is 3.85. The van der Waals surface area contributed by atoms with Crippen LogP contribution in [-0.2, 0) is 4.79 Å². The zero-order chi connectivity index (χ0) is 11.5. The molecule has 0 atom stereocenters. The molecule has 0 aliphatic heterocycles. The van der Waals surface area contributed by atoms with Crippen LogP contribution < -0.4 is 10.6 Å². The Morgan fingerprint density at radius 3 is 2.40 bits per heavy atom. The molecule has 0 spiro atoms. The van der Waals surface area contributed by atoms with Crippen molar-refractivity contribution >= 4 is 5.91 Å².